The molecule has 1 aliphatic carbocycles. The van der Waals surface area contributed by atoms with Crippen LogP contribution in [0.5, 0.6) is 0 Å². The van der Waals surface area contributed by atoms with Gasteiger partial charge < -0.3 is 0 Å². The molecule has 24 heavy (non-hydrogen) atoms. The Kier molecular flexibility index (Phi) is 5.22. The number of hydrogen-bond acceptors (Lipinski definition) is 1. The van der Waals surface area contributed by atoms with E-state index in [1.807, 2.05) is 12.1 Å². The Hall–Kier alpha value is -1.84. The molecule has 0 unspecified atom stereocenters. The van der Waals surface area contributed by atoms with Crippen molar-refractivity contribution >= 4 is 0 Å². The van der Waals surface area contributed by atoms with Crippen molar-refractivity contribution in [2.75, 3.05) is 0 Å². The monoisotopic (exact) mass is 333 g/mol. The fourth-order valence-electron chi connectivity index (χ4n) is 3.78. The van der Waals surface area contributed by atoms with Crippen LogP contribution in [0.3, 0.4) is 0 Å². The Balaban J connectivity index is 1.74. The number of rotatable bonds is 4. The molecule has 0 bridgehead atoms. The van der Waals surface area contributed by atoms with Gasteiger partial charge >= 0.3 is 0 Å². The van der Waals surface area contributed by atoms with E-state index in [1.54, 1.807) is 12.1 Å². The van der Waals surface area contributed by atoms with Gasteiger partial charge in [0.1, 0.15) is 0 Å². The number of pyridine rings is 1. The first-order valence-corrected chi connectivity index (χ1v) is 8.70. The molecule has 0 amide bonds. The first-order chi connectivity index (χ1) is 11.6. The highest BCUT2D eigenvalue weighted by Crippen LogP contribution is 2.38. The summed E-state index contributed by atoms with van der Waals surface area (Å²) in [5.74, 6) is -2.13. The maximum absolute atomic E-state index is 13.8. The lowest BCUT2D eigenvalue weighted by molar-refractivity contribution is 0.308. The third kappa shape index (κ3) is 3.63. The first-order valence-electron chi connectivity index (χ1n) is 8.70. The number of aromatic nitrogens is 1. The number of halogens is 3. The Morgan fingerprint density at radius 3 is 2.25 bits per heavy atom. The molecular weight excluding hydrogens is 311 g/mol. The molecule has 128 valence electrons. The maximum Gasteiger partial charge on any atom is 0.251 e. The smallest absolute Gasteiger partial charge is 0.202 e. The molecule has 1 aliphatic rings. The van der Waals surface area contributed by atoms with E-state index in [9.17, 15) is 13.2 Å². The van der Waals surface area contributed by atoms with E-state index in [1.165, 1.54) is 44.1 Å². The fraction of sp³-hybridized carbons (Fsp3) is 0.450. The van der Waals surface area contributed by atoms with E-state index >= 15 is 0 Å². The van der Waals surface area contributed by atoms with Gasteiger partial charge in [0, 0.05) is 5.56 Å². The summed E-state index contributed by atoms with van der Waals surface area (Å²) in [7, 11) is 0. The van der Waals surface area contributed by atoms with Gasteiger partial charge in [-0.05, 0) is 54.7 Å². The summed E-state index contributed by atoms with van der Waals surface area (Å²) in [6, 6.07) is 8.35. The molecule has 3 rings (SSSR count). The molecule has 1 saturated carbocycles. The van der Waals surface area contributed by atoms with Crippen LogP contribution < -0.4 is 0 Å². The lowest BCUT2D eigenvalue weighted by atomic mass is 9.77. The predicted molar refractivity (Wildman–Crippen MR) is 89.2 cm³/mol. The largest absolute Gasteiger partial charge is 0.251 e. The quantitative estimate of drug-likeness (QED) is 0.604. The zero-order valence-electron chi connectivity index (χ0n) is 13.9. The summed E-state index contributed by atoms with van der Waals surface area (Å²) in [5.41, 5.74) is 1.75. The highest BCUT2D eigenvalue weighted by atomic mass is 19.2. The Morgan fingerprint density at radius 1 is 0.958 bits per heavy atom. The summed E-state index contributed by atoms with van der Waals surface area (Å²) in [4.78, 5) is 2.98. The van der Waals surface area contributed by atoms with Crippen LogP contribution in [-0.4, -0.2) is 4.98 Å². The highest BCUT2D eigenvalue weighted by molar-refractivity contribution is 5.63. The molecule has 4 heteroatoms. The van der Waals surface area contributed by atoms with Gasteiger partial charge in [-0.25, -0.2) is 4.39 Å². The maximum atomic E-state index is 13.8. The van der Waals surface area contributed by atoms with Gasteiger partial charge in [-0.3, -0.25) is 0 Å². The summed E-state index contributed by atoms with van der Waals surface area (Å²) >= 11 is 0. The van der Waals surface area contributed by atoms with Crippen LogP contribution in [0.1, 0.15) is 56.9 Å². The minimum absolute atomic E-state index is 0.00731. The number of benzene rings is 1. The molecule has 1 heterocycles. The van der Waals surface area contributed by atoms with Gasteiger partial charge in [0.25, 0.3) is 5.95 Å². The van der Waals surface area contributed by atoms with Crippen molar-refractivity contribution in [3.05, 3.63) is 53.6 Å². The number of nitrogens with zero attached hydrogens (tertiary/aromatic N) is 1. The van der Waals surface area contributed by atoms with Gasteiger partial charge in [-0.2, -0.15) is 13.8 Å². The average molecular weight is 333 g/mol. The third-order valence-electron chi connectivity index (χ3n) is 5.12. The normalized spacial score (nSPS) is 21.0. The van der Waals surface area contributed by atoms with E-state index in [0.29, 0.717) is 11.5 Å². The topological polar surface area (TPSA) is 12.9 Å². The summed E-state index contributed by atoms with van der Waals surface area (Å²) in [6.45, 7) is 2.23. The van der Waals surface area contributed by atoms with Crippen LogP contribution in [0.4, 0.5) is 13.2 Å². The molecule has 1 aromatic carbocycles. The molecule has 1 nitrogen and oxygen atoms in total. The molecule has 1 aromatic heterocycles. The highest BCUT2D eigenvalue weighted by Gasteiger charge is 2.22. The van der Waals surface area contributed by atoms with Crippen LogP contribution >= 0.6 is 0 Å². The molecule has 0 saturated heterocycles. The second kappa shape index (κ2) is 7.37. The SMILES string of the molecule is CCCC1CCC(c2ccc(-c3cc(F)c(F)nc3F)cc2)CC1. The summed E-state index contributed by atoms with van der Waals surface area (Å²) < 4.78 is 40.0. The van der Waals surface area contributed by atoms with Gasteiger partial charge in [0.05, 0.1) is 0 Å². The third-order valence-corrected chi connectivity index (χ3v) is 5.12. The molecule has 0 radical (unpaired) electrons. The van der Waals surface area contributed by atoms with E-state index in [-0.39, 0.29) is 5.56 Å². The lowest BCUT2D eigenvalue weighted by Gasteiger charge is -2.28. The Labute approximate surface area is 140 Å². The van der Waals surface area contributed by atoms with Gasteiger partial charge in [-0.15, -0.1) is 0 Å². The molecule has 1 fully saturated rings. The molecular formula is C20H22F3N. The van der Waals surface area contributed by atoms with Crippen LogP contribution in [0, 0.1) is 23.6 Å². The molecule has 0 spiro atoms. The van der Waals surface area contributed by atoms with E-state index in [0.717, 1.165) is 12.0 Å². The average Bonchev–Trinajstić information content (AvgIpc) is 2.59. The van der Waals surface area contributed by atoms with E-state index in [2.05, 4.69) is 11.9 Å². The molecule has 0 N–H and O–H groups in total. The lowest BCUT2D eigenvalue weighted by Crippen LogP contribution is -2.13. The van der Waals surface area contributed by atoms with Gasteiger partial charge in [-0.1, -0.05) is 44.0 Å². The van der Waals surface area contributed by atoms with Crippen molar-refractivity contribution in [2.24, 2.45) is 5.92 Å². The Morgan fingerprint density at radius 2 is 1.62 bits per heavy atom. The summed E-state index contributed by atoms with van der Waals surface area (Å²) in [6.07, 6.45) is 7.46. The van der Waals surface area contributed by atoms with Crippen molar-refractivity contribution in [2.45, 2.75) is 51.4 Å². The second-order valence-electron chi connectivity index (χ2n) is 6.73. The molecule has 0 atom stereocenters. The number of hydrogen-bond donors (Lipinski definition) is 0. The summed E-state index contributed by atoms with van der Waals surface area (Å²) in [5, 5.41) is 0. The minimum Gasteiger partial charge on any atom is -0.202 e. The van der Waals surface area contributed by atoms with Crippen LogP contribution in [0.15, 0.2) is 30.3 Å². The van der Waals surface area contributed by atoms with Crippen molar-refractivity contribution in [3.63, 3.8) is 0 Å². The van der Waals surface area contributed by atoms with Crippen molar-refractivity contribution in [1.82, 2.24) is 4.98 Å². The Bertz CT molecular complexity index is 689. The van der Waals surface area contributed by atoms with Crippen molar-refractivity contribution in [1.29, 1.82) is 0 Å². The van der Waals surface area contributed by atoms with Crippen LogP contribution in [-0.2, 0) is 0 Å². The zero-order chi connectivity index (χ0) is 17.1. The standard InChI is InChI=1S/C20H22F3N/c1-2-3-13-4-6-14(7-5-13)15-8-10-16(11-9-15)17-12-18(21)20(23)24-19(17)22/h8-14H,2-7H2,1H3. The van der Waals surface area contributed by atoms with Gasteiger partial charge in [0.2, 0.25) is 5.95 Å². The zero-order valence-corrected chi connectivity index (χ0v) is 13.9. The first kappa shape index (κ1) is 17.0. The second-order valence-corrected chi connectivity index (χ2v) is 6.73. The van der Waals surface area contributed by atoms with E-state index < -0.39 is 17.7 Å². The van der Waals surface area contributed by atoms with Crippen LogP contribution in [0.2, 0.25) is 0 Å². The van der Waals surface area contributed by atoms with Crippen molar-refractivity contribution < 1.29 is 13.2 Å². The molecule has 0 aliphatic heterocycles. The predicted octanol–water partition coefficient (Wildman–Crippen LogP) is 6.24. The van der Waals surface area contributed by atoms with Gasteiger partial charge in [0.15, 0.2) is 5.82 Å². The molecule has 2 aromatic rings. The minimum atomic E-state index is -1.41. The van der Waals surface area contributed by atoms with E-state index in [4.69, 9.17) is 0 Å². The fourth-order valence-corrected chi connectivity index (χ4v) is 3.78. The van der Waals surface area contributed by atoms with Crippen LogP contribution in [0.25, 0.3) is 11.1 Å². The van der Waals surface area contributed by atoms with Crippen molar-refractivity contribution in [3.8, 4) is 11.1 Å².